The number of rotatable bonds is 11. The summed E-state index contributed by atoms with van der Waals surface area (Å²) >= 11 is 4.90. The molecule has 0 unspecified atom stereocenters. The highest BCUT2D eigenvalue weighted by Crippen LogP contribution is 2.13. The second-order valence-electron chi connectivity index (χ2n) is 7.33. The second kappa shape index (κ2) is 15.4. The van der Waals surface area contributed by atoms with Crippen LogP contribution in [-0.4, -0.2) is 17.7 Å². The van der Waals surface area contributed by atoms with E-state index in [1.54, 1.807) is 0 Å². The van der Waals surface area contributed by atoms with Crippen LogP contribution in [0.25, 0.3) is 0 Å². The molecule has 0 heterocycles. The maximum absolute atomic E-state index is 10.8. The molecule has 0 aliphatic carbocycles. The number of amides is 1. The Hall–Kier alpha value is -1.68. The van der Waals surface area contributed by atoms with E-state index in [1.165, 1.54) is 29.2 Å². The van der Waals surface area contributed by atoms with E-state index < -0.39 is 0 Å². The Morgan fingerprint density at radius 3 is 1.67 bits per heavy atom. The van der Waals surface area contributed by atoms with Crippen molar-refractivity contribution >= 4 is 23.3 Å². The lowest BCUT2D eigenvalue weighted by Crippen LogP contribution is -2.28. The molecule has 152 valence electrons. The van der Waals surface area contributed by atoms with Crippen LogP contribution in [0.1, 0.15) is 80.1 Å². The fourth-order valence-corrected chi connectivity index (χ4v) is 2.64. The molecule has 0 bridgehead atoms. The number of nitrogens with one attached hydrogen (secondary N) is 1. The third-order valence-corrected chi connectivity index (χ3v) is 4.30. The van der Waals surface area contributed by atoms with E-state index in [4.69, 9.17) is 17.0 Å². The van der Waals surface area contributed by atoms with Gasteiger partial charge in [0.15, 0.2) is 0 Å². The van der Waals surface area contributed by atoms with Crippen molar-refractivity contribution < 1.29 is 9.53 Å². The fraction of sp³-hybridized carbons (Fsp3) is 0.565. The molecule has 0 rings (SSSR count). The van der Waals surface area contributed by atoms with Gasteiger partial charge in [-0.15, -0.1) is 0 Å². The Kier molecular flexibility index (Phi) is 14.4. The van der Waals surface area contributed by atoms with Gasteiger partial charge in [-0.2, -0.15) is 0 Å². The molecule has 1 N–H and O–H groups in total. The minimum atomic E-state index is -0.209. The Labute approximate surface area is 171 Å². The van der Waals surface area contributed by atoms with Gasteiger partial charge in [-0.05, 0) is 91.4 Å². The van der Waals surface area contributed by atoms with Crippen LogP contribution >= 0.6 is 12.2 Å². The topological polar surface area (TPSA) is 38.3 Å². The summed E-state index contributed by atoms with van der Waals surface area (Å²) in [5.74, 6) is -0.209. The first kappa shape index (κ1) is 25.3. The summed E-state index contributed by atoms with van der Waals surface area (Å²) in [6.45, 7) is 12.6. The minimum absolute atomic E-state index is 0.131. The molecule has 0 atom stereocenters. The summed E-state index contributed by atoms with van der Waals surface area (Å²) in [4.78, 5) is 10.8. The zero-order chi connectivity index (χ0) is 20.7. The molecule has 1 amide bonds. The summed E-state index contributed by atoms with van der Waals surface area (Å²) in [5.41, 5.74) is 5.59. The molecular weight excluding hydrogens is 354 g/mol. The lowest BCUT2D eigenvalue weighted by molar-refractivity contribution is -0.117. The third-order valence-electron chi connectivity index (χ3n) is 4.08. The molecule has 0 aliphatic rings. The summed E-state index contributed by atoms with van der Waals surface area (Å²) in [7, 11) is 0. The number of carbonyl (C=O) groups excluding carboxylic acids is 1. The first-order valence-electron chi connectivity index (χ1n) is 9.75. The summed E-state index contributed by atoms with van der Waals surface area (Å²) in [5, 5.41) is 2.57. The van der Waals surface area contributed by atoms with Crippen molar-refractivity contribution in [3.8, 4) is 0 Å². The van der Waals surface area contributed by atoms with Crippen LogP contribution in [0.3, 0.4) is 0 Å². The fourth-order valence-electron chi connectivity index (χ4n) is 2.43. The Bertz CT molecular complexity index is 593. The smallest absolute Gasteiger partial charge is 0.263 e. The largest absolute Gasteiger partial charge is 0.467 e. The Morgan fingerprint density at radius 2 is 1.22 bits per heavy atom. The van der Waals surface area contributed by atoms with Gasteiger partial charge in [0.25, 0.3) is 5.17 Å². The van der Waals surface area contributed by atoms with Gasteiger partial charge < -0.3 is 4.74 Å². The van der Waals surface area contributed by atoms with Gasteiger partial charge in [-0.1, -0.05) is 40.5 Å². The van der Waals surface area contributed by atoms with Crippen molar-refractivity contribution in [2.45, 2.75) is 80.1 Å². The lowest BCUT2D eigenvalue weighted by Gasteiger charge is -2.05. The number of hydrogen-bond acceptors (Lipinski definition) is 3. The van der Waals surface area contributed by atoms with Crippen molar-refractivity contribution in [3.63, 3.8) is 0 Å². The highest BCUT2D eigenvalue weighted by atomic mass is 32.1. The molecule has 0 aromatic heterocycles. The van der Waals surface area contributed by atoms with Gasteiger partial charge in [0.2, 0.25) is 5.91 Å². The van der Waals surface area contributed by atoms with Crippen molar-refractivity contribution in [2.75, 3.05) is 6.61 Å². The van der Waals surface area contributed by atoms with Gasteiger partial charge in [0.1, 0.15) is 6.61 Å². The number of ether oxygens (including phenoxy) is 1. The molecule has 0 spiro atoms. The molecule has 0 saturated heterocycles. The number of hydrogen-bond donors (Lipinski definition) is 1. The van der Waals surface area contributed by atoms with E-state index >= 15 is 0 Å². The quantitative estimate of drug-likeness (QED) is 0.320. The second-order valence-corrected chi connectivity index (χ2v) is 7.70. The van der Waals surface area contributed by atoms with Crippen LogP contribution in [0.4, 0.5) is 0 Å². The van der Waals surface area contributed by atoms with Gasteiger partial charge in [-0.25, -0.2) is 0 Å². The molecule has 0 radical (unpaired) electrons. The first-order valence-corrected chi connectivity index (χ1v) is 10.2. The zero-order valence-electron chi connectivity index (χ0n) is 18.0. The predicted molar refractivity (Wildman–Crippen MR) is 121 cm³/mol. The summed E-state index contributed by atoms with van der Waals surface area (Å²) < 4.78 is 5.27. The van der Waals surface area contributed by atoms with Crippen molar-refractivity contribution in [1.82, 2.24) is 5.32 Å². The molecule has 0 aromatic carbocycles. The van der Waals surface area contributed by atoms with Crippen molar-refractivity contribution in [3.05, 3.63) is 46.6 Å². The predicted octanol–water partition coefficient (Wildman–Crippen LogP) is 6.57. The monoisotopic (exact) mass is 391 g/mol. The molecule has 0 saturated carbocycles. The average Bonchev–Trinajstić information content (AvgIpc) is 2.53. The van der Waals surface area contributed by atoms with E-state index in [9.17, 15) is 4.79 Å². The van der Waals surface area contributed by atoms with Crippen LogP contribution in [0.2, 0.25) is 0 Å². The SMILES string of the molecule is CC(=O)NC(=S)OCC=C(C)CCC=C(C)CCC=C(C)CCC=C(C)C. The zero-order valence-corrected chi connectivity index (χ0v) is 18.8. The number of thiocarbonyl (C=S) groups is 1. The van der Waals surface area contributed by atoms with Gasteiger partial charge in [0, 0.05) is 6.92 Å². The van der Waals surface area contributed by atoms with Gasteiger partial charge in [-0.3, -0.25) is 10.1 Å². The molecule has 3 nitrogen and oxygen atoms in total. The minimum Gasteiger partial charge on any atom is -0.467 e. The number of allylic oxidation sites excluding steroid dienone is 7. The molecular formula is C23H37NO2S. The standard InChI is InChI=1S/C23H37NO2S/c1-18(2)10-7-11-19(3)12-8-13-20(4)14-9-15-21(5)16-17-26-23(27)24-22(6)25/h10,12,14,16H,7-9,11,13,15,17H2,1-6H3,(H,24,25,27). The molecule has 4 heteroatoms. The number of carbonyl (C=O) groups is 1. The first-order chi connectivity index (χ1) is 12.7. The Balaban J connectivity index is 4.03. The third kappa shape index (κ3) is 17.5. The normalized spacial score (nSPS) is 12.6. The van der Waals surface area contributed by atoms with Crippen LogP contribution in [0.15, 0.2) is 46.6 Å². The van der Waals surface area contributed by atoms with Crippen LogP contribution in [0.5, 0.6) is 0 Å². The van der Waals surface area contributed by atoms with E-state index in [1.807, 2.05) is 6.08 Å². The van der Waals surface area contributed by atoms with E-state index in [-0.39, 0.29) is 11.1 Å². The maximum atomic E-state index is 10.8. The average molecular weight is 392 g/mol. The van der Waals surface area contributed by atoms with E-state index in [0.29, 0.717) is 6.61 Å². The highest BCUT2D eigenvalue weighted by molar-refractivity contribution is 7.80. The van der Waals surface area contributed by atoms with Crippen LogP contribution < -0.4 is 5.32 Å². The summed E-state index contributed by atoms with van der Waals surface area (Å²) in [6, 6.07) is 0. The van der Waals surface area contributed by atoms with Gasteiger partial charge in [0.05, 0.1) is 0 Å². The van der Waals surface area contributed by atoms with E-state index in [2.05, 4.69) is 58.2 Å². The van der Waals surface area contributed by atoms with Crippen LogP contribution in [0, 0.1) is 0 Å². The van der Waals surface area contributed by atoms with Crippen molar-refractivity contribution in [1.29, 1.82) is 0 Å². The molecule has 27 heavy (non-hydrogen) atoms. The maximum Gasteiger partial charge on any atom is 0.263 e. The molecule has 0 fully saturated rings. The van der Waals surface area contributed by atoms with E-state index in [0.717, 1.165) is 38.5 Å². The lowest BCUT2D eigenvalue weighted by atomic mass is 10.0. The summed E-state index contributed by atoms with van der Waals surface area (Å²) in [6.07, 6.45) is 15.6. The van der Waals surface area contributed by atoms with Gasteiger partial charge >= 0.3 is 0 Å². The Morgan fingerprint density at radius 1 is 0.778 bits per heavy atom. The highest BCUT2D eigenvalue weighted by Gasteiger charge is 1.98. The molecule has 0 aromatic rings. The van der Waals surface area contributed by atoms with Crippen LogP contribution in [-0.2, 0) is 9.53 Å². The van der Waals surface area contributed by atoms with Crippen molar-refractivity contribution in [2.24, 2.45) is 0 Å². The molecule has 0 aliphatic heterocycles.